The molecule has 2 aliphatic heterocycles. The first-order valence-electron chi connectivity index (χ1n) is 8.65. The molecule has 1 aromatic heterocycles. The molecule has 3 heterocycles. The molecular formula is C20H19N3O2S2. The van der Waals surface area contributed by atoms with Crippen LogP contribution in [-0.4, -0.2) is 35.4 Å². The lowest BCUT2D eigenvalue weighted by atomic mass is 9.92. The van der Waals surface area contributed by atoms with Gasteiger partial charge in [0.15, 0.2) is 0 Å². The van der Waals surface area contributed by atoms with E-state index in [9.17, 15) is 10.1 Å². The SMILES string of the molecule is COc1ccc(CN2CSC3=C(C#N)C(c4cccs4)CC(=O)N3C2)cc1. The topological polar surface area (TPSA) is 56.6 Å². The maximum Gasteiger partial charge on any atom is 0.229 e. The van der Waals surface area contributed by atoms with Crippen LogP contribution in [0.3, 0.4) is 0 Å². The average molecular weight is 398 g/mol. The molecule has 0 saturated carbocycles. The van der Waals surface area contributed by atoms with Gasteiger partial charge in [0.05, 0.1) is 36.3 Å². The van der Waals surface area contributed by atoms with Gasteiger partial charge in [-0.1, -0.05) is 30.0 Å². The smallest absolute Gasteiger partial charge is 0.229 e. The van der Waals surface area contributed by atoms with Crippen LogP contribution in [0.4, 0.5) is 0 Å². The van der Waals surface area contributed by atoms with Crippen molar-refractivity contribution in [3.05, 3.63) is 62.8 Å². The monoisotopic (exact) mass is 397 g/mol. The summed E-state index contributed by atoms with van der Waals surface area (Å²) in [4.78, 5) is 17.9. The fourth-order valence-corrected chi connectivity index (χ4v) is 5.40. The molecule has 138 valence electrons. The molecule has 27 heavy (non-hydrogen) atoms. The molecule has 2 aliphatic rings. The van der Waals surface area contributed by atoms with Crippen molar-refractivity contribution >= 4 is 29.0 Å². The normalized spacial score (nSPS) is 20.4. The lowest BCUT2D eigenvalue weighted by Gasteiger charge is -2.41. The van der Waals surface area contributed by atoms with Gasteiger partial charge in [-0.2, -0.15) is 5.26 Å². The van der Waals surface area contributed by atoms with E-state index in [2.05, 4.69) is 11.0 Å². The van der Waals surface area contributed by atoms with E-state index in [1.54, 1.807) is 35.1 Å². The number of amides is 1. The molecule has 1 aromatic carbocycles. The molecular weight excluding hydrogens is 378 g/mol. The predicted molar refractivity (Wildman–Crippen MR) is 107 cm³/mol. The molecule has 0 aliphatic carbocycles. The van der Waals surface area contributed by atoms with Crippen LogP contribution >= 0.6 is 23.1 Å². The van der Waals surface area contributed by atoms with Gasteiger partial charge in [-0.25, -0.2) is 0 Å². The van der Waals surface area contributed by atoms with Crippen LogP contribution in [0.15, 0.2) is 52.4 Å². The van der Waals surface area contributed by atoms with E-state index < -0.39 is 0 Å². The number of hydrogen-bond donors (Lipinski definition) is 0. The van der Waals surface area contributed by atoms with Crippen LogP contribution < -0.4 is 4.74 Å². The third kappa shape index (κ3) is 3.61. The van der Waals surface area contributed by atoms with Crippen molar-refractivity contribution in [3.63, 3.8) is 0 Å². The molecule has 1 amide bonds. The molecule has 5 nitrogen and oxygen atoms in total. The van der Waals surface area contributed by atoms with E-state index in [0.29, 0.717) is 13.1 Å². The van der Waals surface area contributed by atoms with E-state index in [1.165, 1.54) is 5.56 Å². The Morgan fingerprint density at radius 1 is 1.30 bits per heavy atom. The van der Waals surface area contributed by atoms with E-state index >= 15 is 0 Å². The Hall–Kier alpha value is -2.27. The highest BCUT2D eigenvalue weighted by atomic mass is 32.2. The number of nitrogens with zero attached hydrogens (tertiary/aromatic N) is 3. The number of ether oxygens (including phenoxy) is 1. The van der Waals surface area contributed by atoms with Crippen LogP contribution in [0, 0.1) is 11.3 Å². The molecule has 0 radical (unpaired) electrons. The number of carbonyl (C=O) groups is 1. The summed E-state index contributed by atoms with van der Waals surface area (Å²) >= 11 is 3.20. The summed E-state index contributed by atoms with van der Waals surface area (Å²) in [5.41, 5.74) is 1.90. The van der Waals surface area contributed by atoms with E-state index in [1.807, 2.05) is 41.8 Å². The van der Waals surface area contributed by atoms with Crippen LogP contribution in [-0.2, 0) is 11.3 Å². The predicted octanol–water partition coefficient (Wildman–Crippen LogP) is 3.97. The summed E-state index contributed by atoms with van der Waals surface area (Å²) in [7, 11) is 1.66. The Bertz CT molecular complexity index is 900. The molecule has 0 N–H and O–H groups in total. The first kappa shape index (κ1) is 18.1. The highest BCUT2D eigenvalue weighted by Gasteiger charge is 2.38. The van der Waals surface area contributed by atoms with Crippen molar-refractivity contribution in [1.82, 2.24) is 9.80 Å². The average Bonchev–Trinajstić information content (AvgIpc) is 3.23. The van der Waals surface area contributed by atoms with Crippen molar-refractivity contribution in [2.75, 3.05) is 19.7 Å². The molecule has 1 atom stereocenters. The van der Waals surface area contributed by atoms with E-state index in [4.69, 9.17) is 4.74 Å². The second kappa shape index (κ2) is 7.77. The minimum absolute atomic E-state index is 0.0920. The van der Waals surface area contributed by atoms with Gasteiger partial charge >= 0.3 is 0 Å². The summed E-state index contributed by atoms with van der Waals surface area (Å²) in [5, 5.41) is 12.6. The number of rotatable bonds is 4. The summed E-state index contributed by atoms with van der Waals surface area (Å²) < 4.78 is 5.20. The van der Waals surface area contributed by atoms with Crippen molar-refractivity contribution in [2.24, 2.45) is 0 Å². The number of fused-ring (bicyclic) bond motifs is 1. The van der Waals surface area contributed by atoms with Crippen molar-refractivity contribution in [3.8, 4) is 11.8 Å². The summed E-state index contributed by atoms with van der Waals surface area (Å²) in [6.45, 7) is 1.28. The molecule has 0 bridgehead atoms. The molecule has 7 heteroatoms. The zero-order valence-corrected chi connectivity index (χ0v) is 16.6. The maximum atomic E-state index is 12.8. The quantitative estimate of drug-likeness (QED) is 0.781. The molecule has 1 fully saturated rings. The first-order chi connectivity index (χ1) is 13.2. The molecule has 1 saturated heterocycles. The van der Waals surface area contributed by atoms with Crippen LogP contribution in [0.5, 0.6) is 5.75 Å². The second-order valence-electron chi connectivity index (χ2n) is 6.52. The van der Waals surface area contributed by atoms with Crippen LogP contribution in [0.25, 0.3) is 0 Å². The molecule has 1 unspecified atom stereocenters. The van der Waals surface area contributed by atoms with Crippen molar-refractivity contribution < 1.29 is 9.53 Å². The fraction of sp³-hybridized carbons (Fsp3) is 0.300. The Labute approximate surface area is 166 Å². The van der Waals surface area contributed by atoms with Gasteiger partial charge in [-0.15, -0.1) is 11.3 Å². The van der Waals surface area contributed by atoms with Gasteiger partial charge < -0.3 is 4.74 Å². The zero-order valence-electron chi connectivity index (χ0n) is 14.9. The van der Waals surface area contributed by atoms with Gasteiger partial charge in [0.25, 0.3) is 0 Å². The Kier molecular flexibility index (Phi) is 5.21. The Morgan fingerprint density at radius 3 is 2.78 bits per heavy atom. The number of methoxy groups -OCH3 is 1. The third-order valence-corrected chi connectivity index (χ3v) is 7.00. The number of allylic oxidation sites excluding steroid dienone is 1. The minimum Gasteiger partial charge on any atom is -0.497 e. The summed E-state index contributed by atoms with van der Waals surface area (Å²) in [5.74, 6) is 1.58. The van der Waals surface area contributed by atoms with Crippen molar-refractivity contribution in [1.29, 1.82) is 5.26 Å². The number of nitriles is 1. The standard InChI is InChI=1S/C20H19N3O2S2/c1-25-15-6-4-14(5-7-15)11-22-12-23-19(24)9-16(18-3-2-8-26-18)17(10-21)20(23)27-13-22/h2-8,16H,9,11-13H2,1H3. The number of hydrogen-bond acceptors (Lipinski definition) is 6. The number of benzene rings is 1. The van der Waals surface area contributed by atoms with Crippen molar-refractivity contribution in [2.45, 2.75) is 18.9 Å². The molecule has 0 spiro atoms. The molecule has 2 aromatic rings. The van der Waals surface area contributed by atoms with Gasteiger partial charge in [0, 0.05) is 23.8 Å². The second-order valence-corrected chi connectivity index (χ2v) is 8.43. The highest BCUT2D eigenvalue weighted by molar-refractivity contribution is 8.03. The van der Waals surface area contributed by atoms with E-state index in [-0.39, 0.29) is 11.8 Å². The fourth-order valence-electron chi connectivity index (χ4n) is 3.43. The highest BCUT2D eigenvalue weighted by Crippen LogP contribution is 2.43. The largest absolute Gasteiger partial charge is 0.497 e. The lowest BCUT2D eigenvalue weighted by molar-refractivity contribution is -0.131. The Morgan fingerprint density at radius 2 is 2.11 bits per heavy atom. The third-order valence-electron chi connectivity index (χ3n) is 4.80. The first-order valence-corrected chi connectivity index (χ1v) is 10.5. The molecule has 4 rings (SSSR count). The van der Waals surface area contributed by atoms with E-state index in [0.717, 1.165) is 33.7 Å². The summed E-state index contributed by atoms with van der Waals surface area (Å²) in [6.07, 6.45) is 0.365. The lowest BCUT2D eigenvalue weighted by Crippen LogP contribution is -2.46. The number of thioether (sulfide) groups is 1. The zero-order chi connectivity index (χ0) is 18.8. The van der Waals surface area contributed by atoms with Gasteiger partial charge in [-0.05, 0) is 29.1 Å². The maximum absolute atomic E-state index is 12.8. The summed E-state index contributed by atoms with van der Waals surface area (Å²) in [6, 6.07) is 14.3. The van der Waals surface area contributed by atoms with Gasteiger partial charge in [-0.3, -0.25) is 14.6 Å². The van der Waals surface area contributed by atoms with Gasteiger partial charge in [0.2, 0.25) is 5.91 Å². The minimum atomic E-state index is -0.102. The number of carbonyl (C=O) groups excluding carboxylic acids is 1. The van der Waals surface area contributed by atoms with Gasteiger partial charge in [0.1, 0.15) is 5.75 Å². The van der Waals surface area contributed by atoms with Crippen LogP contribution in [0.1, 0.15) is 22.8 Å². The number of thiophene rings is 1. The van der Waals surface area contributed by atoms with Crippen LogP contribution in [0.2, 0.25) is 0 Å². The Balaban J connectivity index is 1.53.